The summed E-state index contributed by atoms with van der Waals surface area (Å²) in [5.41, 5.74) is 3.16. The molecule has 0 saturated carbocycles. The smallest absolute Gasteiger partial charge is 0.411 e. The van der Waals surface area contributed by atoms with E-state index in [1.807, 2.05) is 55.5 Å². The van der Waals surface area contributed by atoms with Crippen molar-refractivity contribution in [2.45, 2.75) is 20.5 Å². The number of carbonyl (C=O) groups is 1. The summed E-state index contributed by atoms with van der Waals surface area (Å²) in [7, 11) is 0. The maximum Gasteiger partial charge on any atom is 0.411 e. The fourth-order valence-corrected chi connectivity index (χ4v) is 2.24. The Labute approximate surface area is 135 Å². The predicted octanol–water partition coefficient (Wildman–Crippen LogP) is 4.13. The number of amides is 1. The van der Waals surface area contributed by atoms with Gasteiger partial charge < -0.3 is 9.94 Å². The Balaban J connectivity index is 2.11. The molecule has 5 nitrogen and oxygen atoms in total. The number of nitrogens with zero attached hydrogens (tertiary/aromatic N) is 2. The van der Waals surface area contributed by atoms with E-state index >= 15 is 0 Å². The maximum absolute atomic E-state index is 11.3. The summed E-state index contributed by atoms with van der Waals surface area (Å²) >= 11 is 0. The molecule has 5 heteroatoms. The zero-order valence-corrected chi connectivity index (χ0v) is 13.3. The second-order valence-electron chi connectivity index (χ2n) is 4.97. The van der Waals surface area contributed by atoms with Crippen molar-refractivity contribution in [1.29, 1.82) is 0 Å². The monoisotopic (exact) mass is 312 g/mol. The number of rotatable bonds is 6. The molecular formula is C18H20N2O3. The third-order valence-corrected chi connectivity index (χ3v) is 3.44. The molecule has 0 heterocycles. The van der Waals surface area contributed by atoms with Gasteiger partial charge in [0, 0.05) is 12.1 Å². The van der Waals surface area contributed by atoms with E-state index in [0.29, 0.717) is 12.2 Å². The molecule has 120 valence electrons. The van der Waals surface area contributed by atoms with E-state index in [2.05, 4.69) is 5.16 Å². The van der Waals surface area contributed by atoms with Gasteiger partial charge in [-0.15, -0.1) is 0 Å². The minimum atomic E-state index is -0.982. The van der Waals surface area contributed by atoms with Crippen LogP contribution in [0.5, 0.6) is 0 Å². The summed E-state index contributed by atoms with van der Waals surface area (Å²) in [6.07, 6.45) is -0.982. The summed E-state index contributed by atoms with van der Waals surface area (Å²) in [4.78, 5) is 18.0. The summed E-state index contributed by atoms with van der Waals surface area (Å²) in [5, 5.41) is 13.4. The Morgan fingerprint density at radius 1 is 1.13 bits per heavy atom. The van der Waals surface area contributed by atoms with Crippen molar-refractivity contribution in [3.8, 4) is 0 Å². The summed E-state index contributed by atoms with van der Waals surface area (Å²) in [6.45, 7) is 4.25. The Hall–Kier alpha value is -2.82. The van der Waals surface area contributed by atoms with Crippen LogP contribution in [0.1, 0.15) is 25.0 Å². The standard InChI is InChI=1S/C18H20N2O3/c1-3-20(18(21)22)17-12-8-7-11-16(17)13-23-19-14(2)15-9-5-4-6-10-15/h4-12H,3,13H2,1-2H3,(H,21,22). The number of benzene rings is 2. The van der Waals surface area contributed by atoms with Crippen molar-refractivity contribution in [2.24, 2.45) is 5.16 Å². The van der Waals surface area contributed by atoms with Crippen LogP contribution in [-0.2, 0) is 11.4 Å². The molecule has 0 aliphatic heterocycles. The molecule has 0 atom stereocenters. The Morgan fingerprint density at radius 3 is 2.43 bits per heavy atom. The van der Waals surface area contributed by atoms with Crippen LogP contribution in [0.4, 0.5) is 10.5 Å². The lowest BCUT2D eigenvalue weighted by Crippen LogP contribution is -2.29. The highest BCUT2D eigenvalue weighted by atomic mass is 16.6. The average molecular weight is 312 g/mol. The normalized spacial score (nSPS) is 11.1. The second kappa shape index (κ2) is 7.98. The molecule has 1 N–H and O–H groups in total. The van der Waals surface area contributed by atoms with E-state index in [1.165, 1.54) is 4.90 Å². The van der Waals surface area contributed by atoms with Gasteiger partial charge in [0.15, 0.2) is 0 Å². The first-order valence-electron chi connectivity index (χ1n) is 7.43. The highest BCUT2D eigenvalue weighted by Gasteiger charge is 2.15. The maximum atomic E-state index is 11.3. The molecule has 0 aliphatic rings. The average Bonchev–Trinajstić information content (AvgIpc) is 2.57. The minimum absolute atomic E-state index is 0.212. The van der Waals surface area contributed by atoms with Gasteiger partial charge in [-0.3, -0.25) is 4.90 Å². The van der Waals surface area contributed by atoms with Gasteiger partial charge in [0.25, 0.3) is 0 Å². The number of carboxylic acid groups (broad SMARTS) is 1. The molecule has 0 bridgehead atoms. The van der Waals surface area contributed by atoms with Crippen molar-refractivity contribution < 1.29 is 14.7 Å². The van der Waals surface area contributed by atoms with E-state index in [4.69, 9.17) is 4.84 Å². The van der Waals surface area contributed by atoms with E-state index in [1.54, 1.807) is 13.0 Å². The first-order chi connectivity index (χ1) is 11.1. The SMILES string of the molecule is CCN(C(=O)O)c1ccccc1CON=C(C)c1ccccc1. The van der Waals surface area contributed by atoms with Crippen molar-refractivity contribution in [2.75, 3.05) is 11.4 Å². The summed E-state index contributed by atoms with van der Waals surface area (Å²) in [6, 6.07) is 17.0. The Bertz CT molecular complexity index is 684. The first kappa shape index (κ1) is 16.5. The zero-order chi connectivity index (χ0) is 16.7. The topological polar surface area (TPSA) is 62.1 Å². The van der Waals surface area contributed by atoms with E-state index < -0.39 is 6.09 Å². The summed E-state index contributed by atoms with van der Waals surface area (Å²) < 4.78 is 0. The van der Waals surface area contributed by atoms with Crippen LogP contribution in [0.3, 0.4) is 0 Å². The fraction of sp³-hybridized carbons (Fsp3) is 0.222. The molecule has 2 rings (SSSR count). The van der Waals surface area contributed by atoms with Crippen molar-refractivity contribution in [3.63, 3.8) is 0 Å². The van der Waals surface area contributed by atoms with Gasteiger partial charge in [0.2, 0.25) is 0 Å². The zero-order valence-electron chi connectivity index (χ0n) is 13.3. The van der Waals surface area contributed by atoms with Crippen LogP contribution >= 0.6 is 0 Å². The van der Waals surface area contributed by atoms with Crippen LogP contribution in [-0.4, -0.2) is 23.5 Å². The van der Waals surface area contributed by atoms with Crippen LogP contribution in [0, 0.1) is 0 Å². The molecule has 0 saturated heterocycles. The molecule has 2 aromatic rings. The van der Waals surface area contributed by atoms with Crippen LogP contribution in [0.15, 0.2) is 59.8 Å². The quantitative estimate of drug-likeness (QED) is 0.644. The van der Waals surface area contributed by atoms with Gasteiger partial charge >= 0.3 is 6.09 Å². The number of oxime groups is 1. The van der Waals surface area contributed by atoms with Gasteiger partial charge in [-0.05, 0) is 25.5 Å². The van der Waals surface area contributed by atoms with Crippen molar-refractivity contribution in [3.05, 3.63) is 65.7 Å². The van der Waals surface area contributed by atoms with Crippen LogP contribution in [0.2, 0.25) is 0 Å². The molecule has 0 unspecified atom stereocenters. The highest BCUT2D eigenvalue weighted by Crippen LogP contribution is 2.21. The first-order valence-corrected chi connectivity index (χ1v) is 7.43. The molecule has 1 amide bonds. The lowest BCUT2D eigenvalue weighted by Gasteiger charge is -2.20. The number of hydrogen-bond donors (Lipinski definition) is 1. The molecule has 23 heavy (non-hydrogen) atoms. The van der Waals surface area contributed by atoms with E-state index in [9.17, 15) is 9.90 Å². The number of anilines is 1. The van der Waals surface area contributed by atoms with Crippen molar-refractivity contribution in [1.82, 2.24) is 0 Å². The van der Waals surface area contributed by atoms with Gasteiger partial charge in [-0.25, -0.2) is 4.79 Å². The van der Waals surface area contributed by atoms with Gasteiger partial charge in [-0.2, -0.15) is 0 Å². The Morgan fingerprint density at radius 2 is 1.78 bits per heavy atom. The third kappa shape index (κ3) is 4.32. The lowest BCUT2D eigenvalue weighted by atomic mass is 10.1. The molecule has 2 aromatic carbocycles. The molecule has 0 radical (unpaired) electrons. The molecule has 0 aromatic heterocycles. The van der Waals surface area contributed by atoms with E-state index in [-0.39, 0.29) is 6.61 Å². The van der Waals surface area contributed by atoms with Crippen LogP contribution < -0.4 is 4.90 Å². The highest BCUT2D eigenvalue weighted by molar-refractivity contribution is 5.98. The summed E-state index contributed by atoms with van der Waals surface area (Å²) in [5.74, 6) is 0. The second-order valence-corrected chi connectivity index (χ2v) is 4.97. The molecular weight excluding hydrogens is 292 g/mol. The number of para-hydroxylation sites is 1. The van der Waals surface area contributed by atoms with Crippen LogP contribution in [0.25, 0.3) is 0 Å². The third-order valence-electron chi connectivity index (χ3n) is 3.44. The van der Waals surface area contributed by atoms with E-state index in [0.717, 1.165) is 16.8 Å². The largest absolute Gasteiger partial charge is 0.465 e. The van der Waals surface area contributed by atoms with Crippen molar-refractivity contribution >= 4 is 17.5 Å². The predicted molar refractivity (Wildman–Crippen MR) is 90.9 cm³/mol. The number of hydrogen-bond acceptors (Lipinski definition) is 3. The molecule has 0 fully saturated rings. The molecule has 0 spiro atoms. The molecule has 0 aliphatic carbocycles. The minimum Gasteiger partial charge on any atom is -0.465 e. The van der Waals surface area contributed by atoms with Gasteiger partial charge in [0.1, 0.15) is 6.61 Å². The van der Waals surface area contributed by atoms with Gasteiger partial charge in [-0.1, -0.05) is 53.7 Å². The fourth-order valence-electron chi connectivity index (χ4n) is 2.24. The Kier molecular flexibility index (Phi) is 5.74. The lowest BCUT2D eigenvalue weighted by molar-refractivity contribution is 0.130. The van der Waals surface area contributed by atoms with Gasteiger partial charge in [0.05, 0.1) is 11.4 Å².